The molecule has 4 unspecified atom stereocenters. The first-order valence-corrected chi connectivity index (χ1v) is 8.95. The summed E-state index contributed by atoms with van der Waals surface area (Å²) in [6.45, 7) is 9.97. The van der Waals surface area contributed by atoms with E-state index >= 15 is 0 Å². The van der Waals surface area contributed by atoms with Crippen LogP contribution >= 0.6 is 7.26 Å². The molecule has 0 aromatic rings. The summed E-state index contributed by atoms with van der Waals surface area (Å²) in [5.41, 5.74) is 1.11. The van der Waals surface area contributed by atoms with Crippen molar-refractivity contribution in [3.05, 3.63) is 0 Å². The van der Waals surface area contributed by atoms with Crippen LogP contribution in [0.25, 0.3) is 0 Å². The highest BCUT2D eigenvalue weighted by Gasteiger charge is 2.79. The Kier molecular flexibility index (Phi) is 2.71. The maximum Gasteiger partial charge on any atom is 0.116 e. The Balaban J connectivity index is 2.02. The van der Waals surface area contributed by atoms with Crippen LogP contribution in [0.3, 0.4) is 0 Å². The molecule has 82 valence electrons. The van der Waals surface area contributed by atoms with Gasteiger partial charge in [-0.3, -0.25) is 0 Å². The summed E-state index contributed by atoms with van der Waals surface area (Å²) < 4.78 is 0. The average Bonchev–Trinajstić information content (AvgIpc) is 2.58. The van der Waals surface area contributed by atoms with Gasteiger partial charge in [-0.2, -0.15) is 0 Å². The van der Waals surface area contributed by atoms with Gasteiger partial charge in [0.15, 0.2) is 0 Å². The highest BCUT2D eigenvalue weighted by Crippen LogP contribution is 2.92. The number of hydrogen-bond acceptors (Lipinski definition) is 0. The number of hydrogen-bond donors (Lipinski definition) is 0. The van der Waals surface area contributed by atoms with Gasteiger partial charge in [-0.05, 0) is 39.0 Å². The lowest BCUT2D eigenvalue weighted by atomic mass is 9.99. The first-order valence-electron chi connectivity index (χ1n) is 6.46. The van der Waals surface area contributed by atoms with E-state index in [1.54, 1.807) is 19.3 Å². The molecule has 1 aliphatic heterocycles. The van der Waals surface area contributed by atoms with Gasteiger partial charge in [0.05, 0.1) is 6.16 Å². The van der Waals surface area contributed by atoms with Crippen LogP contribution in [0.4, 0.5) is 0 Å². The van der Waals surface area contributed by atoms with Gasteiger partial charge in [-0.15, -0.1) is 0 Å². The molecule has 0 amide bonds. The van der Waals surface area contributed by atoms with Crippen molar-refractivity contribution >= 4 is 7.26 Å². The molecule has 1 heterocycles. The predicted molar refractivity (Wildman–Crippen MR) is 67.8 cm³/mol. The Morgan fingerprint density at radius 2 is 2.07 bits per heavy atom. The Morgan fingerprint density at radius 1 is 1.36 bits per heavy atom. The smallest absolute Gasteiger partial charge is 0.0654 e. The third-order valence-electron chi connectivity index (χ3n) is 5.56. The zero-order valence-electron chi connectivity index (χ0n) is 10.3. The van der Waals surface area contributed by atoms with Crippen molar-refractivity contribution in [3.8, 4) is 0 Å². The minimum atomic E-state index is -0.477. The van der Waals surface area contributed by atoms with Crippen LogP contribution in [0.5, 0.6) is 0 Å². The largest absolute Gasteiger partial charge is 0.116 e. The SMILES string of the molecule is CCCC1CCC2(C1)C(C)[P+]2(C)CC. The molecule has 1 heteroatoms. The molecule has 2 fully saturated rings. The molecule has 14 heavy (non-hydrogen) atoms. The third kappa shape index (κ3) is 1.22. The molecule has 0 N–H and O–H groups in total. The molecule has 0 bridgehead atoms. The molecule has 0 aromatic heterocycles. The lowest BCUT2D eigenvalue weighted by Gasteiger charge is -2.09. The summed E-state index contributed by atoms with van der Waals surface area (Å²) in [6.07, 6.45) is 9.13. The highest BCUT2D eigenvalue weighted by molar-refractivity contribution is 7.84. The molecule has 0 radical (unpaired) electrons. The topological polar surface area (TPSA) is 0 Å². The maximum absolute atomic E-state index is 2.64. The van der Waals surface area contributed by atoms with Crippen molar-refractivity contribution in [1.29, 1.82) is 0 Å². The molecule has 0 aromatic carbocycles. The van der Waals surface area contributed by atoms with Crippen LogP contribution < -0.4 is 0 Å². The first kappa shape index (κ1) is 10.9. The average molecular weight is 213 g/mol. The van der Waals surface area contributed by atoms with Crippen LogP contribution in [0.1, 0.15) is 52.9 Å². The van der Waals surface area contributed by atoms with Crippen LogP contribution in [-0.2, 0) is 0 Å². The maximum atomic E-state index is 2.64. The Morgan fingerprint density at radius 3 is 2.57 bits per heavy atom. The molecular formula is C13H26P+. The Labute approximate surface area is 90.2 Å². The lowest BCUT2D eigenvalue weighted by Crippen LogP contribution is -2.08. The lowest BCUT2D eigenvalue weighted by molar-refractivity contribution is 0.487. The standard InChI is InChI=1S/C13H26P/c1-5-7-12-8-9-13(10-12)11(3)14(13,4)6-2/h11-12H,5-10H2,1-4H3/q+1. The van der Waals surface area contributed by atoms with Crippen molar-refractivity contribution in [2.24, 2.45) is 5.92 Å². The third-order valence-corrected chi connectivity index (χ3v) is 11.6. The van der Waals surface area contributed by atoms with E-state index < -0.39 is 7.26 Å². The van der Waals surface area contributed by atoms with E-state index in [4.69, 9.17) is 0 Å². The molecule has 4 atom stereocenters. The van der Waals surface area contributed by atoms with Crippen LogP contribution in [0, 0.1) is 5.92 Å². The molecule has 2 rings (SSSR count). The second-order valence-electron chi connectivity index (χ2n) is 5.76. The minimum Gasteiger partial charge on any atom is -0.0654 e. The predicted octanol–water partition coefficient (Wildman–Crippen LogP) is 4.39. The van der Waals surface area contributed by atoms with Gasteiger partial charge in [0.25, 0.3) is 0 Å². The first-order chi connectivity index (χ1) is 6.60. The molecule has 1 saturated heterocycles. The van der Waals surface area contributed by atoms with Crippen LogP contribution in [-0.4, -0.2) is 23.6 Å². The van der Waals surface area contributed by atoms with Gasteiger partial charge in [0.1, 0.15) is 10.8 Å². The van der Waals surface area contributed by atoms with E-state index in [-0.39, 0.29) is 0 Å². The summed E-state index contributed by atoms with van der Waals surface area (Å²) in [7, 11) is -0.477. The van der Waals surface area contributed by atoms with Gasteiger partial charge >= 0.3 is 0 Å². The summed E-state index contributed by atoms with van der Waals surface area (Å²) >= 11 is 0. The van der Waals surface area contributed by atoms with Gasteiger partial charge in [-0.25, -0.2) is 0 Å². The summed E-state index contributed by atoms with van der Waals surface area (Å²) in [4.78, 5) is 0. The quantitative estimate of drug-likeness (QED) is 0.610. The van der Waals surface area contributed by atoms with Crippen molar-refractivity contribution < 1.29 is 0 Å². The fourth-order valence-corrected chi connectivity index (χ4v) is 9.50. The Hall–Kier alpha value is 0.430. The molecule has 2 aliphatic rings. The second kappa shape index (κ2) is 3.48. The van der Waals surface area contributed by atoms with Crippen LogP contribution in [0.2, 0.25) is 0 Å². The van der Waals surface area contributed by atoms with Gasteiger partial charge in [0.2, 0.25) is 0 Å². The zero-order chi connectivity index (χ0) is 10.4. The normalized spacial score (nSPS) is 51.4. The molecule has 1 aliphatic carbocycles. The van der Waals surface area contributed by atoms with Gasteiger partial charge in [0, 0.05) is 13.9 Å². The molecule has 1 spiro atoms. The number of rotatable bonds is 3. The monoisotopic (exact) mass is 213 g/mol. The van der Waals surface area contributed by atoms with Crippen molar-refractivity contribution in [1.82, 2.24) is 0 Å². The van der Waals surface area contributed by atoms with Crippen molar-refractivity contribution in [3.63, 3.8) is 0 Å². The van der Waals surface area contributed by atoms with Gasteiger partial charge in [-0.1, -0.05) is 19.8 Å². The van der Waals surface area contributed by atoms with E-state index in [1.165, 1.54) is 19.0 Å². The summed E-state index contributed by atoms with van der Waals surface area (Å²) in [5.74, 6) is 1.09. The summed E-state index contributed by atoms with van der Waals surface area (Å²) in [5, 5.41) is 0.890. The zero-order valence-corrected chi connectivity index (χ0v) is 11.2. The van der Waals surface area contributed by atoms with Crippen molar-refractivity contribution in [2.45, 2.75) is 63.7 Å². The molecule has 1 saturated carbocycles. The second-order valence-corrected chi connectivity index (χ2v) is 10.6. The fraction of sp³-hybridized carbons (Fsp3) is 1.00. The van der Waals surface area contributed by atoms with Crippen molar-refractivity contribution in [2.75, 3.05) is 12.8 Å². The van der Waals surface area contributed by atoms with Crippen LogP contribution in [0.15, 0.2) is 0 Å². The van der Waals surface area contributed by atoms with E-state index in [0.717, 1.165) is 16.7 Å². The van der Waals surface area contributed by atoms with E-state index in [1.807, 2.05) is 0 Å². The van der Waals surface area contributed by atoms with E-state index in [9.17, 15) is 0 Å². The summed E-state index contributed by atoms with van der Waals surface area (Å²) in [6, 6.07) is 0. The van der Waals surface area contributed by atoms with Gasteiger partial charge < -0.3 is 0 Å². The molecular weight excluding hydrogens is 187 g/mol. The molecule has 0 nitrogen and oxygen atoms in total. The van der Waals surface area contributed by atoms with E-state index in [2.05, 4.69) is 27.4 Å². The minimum absolute atomic E-state index is 0.477. The fourth-order valence-electron chi connectivity index (χ4n) is 4.22. The van der Waals surface area contributed by atoms with E-state index in [0.29, 0.717) is 0 Å². The highest BCUT2D eigenvalue weighted by atomic mass is 31.2. The Bertz CT molecular complexity index is 225.